The number of hydrogen-bond acceptors (Lipinski definition) is 5. The van der Waals surface area contributed by atoms with E-state index in [1.807, 2.05) is 6.07 Å². The van der Waals surface area contributed by atoms with Crippen molar-refractivity contribution in [2.75, 3.05) is 13.7 Å². The number of rotatable bonds is 8. The number of halogens is 1. The third-order valence-electron chi connectivity index (χ3n) is 3.27. The second-order valence-electron chi connectivity index (χ2n) is 5.21. The zero-order valence-corrected chi connectivity index (χ0v) is 14.8. The van der Waals surface area contributed by atoms with Gasteiger partial charge in [0.25, 0.3) is 0 Å². The molecule has 0 aromatic heterocycles. The highest BCUT2D eigenvalue weighted by Crippen LogP contribution is 2.18. The lowest BCUT2D eigenvalue weighted by atomic mass is 10.2. The molecule has 0 aliphatic carbocycles. The summed E-state index contributed by atoms with van der Waals surface area (Å²) in [6.45, 7) is -0.707. The number of sulfonamides is 1. The largest absolute Gasteiger partial charge is 0.494 e. The number of esters is 1. The van der Waals surface area contributed by atoms with Crippen LogP contribution >= 0.6 is 0 Å². The van der Waals surface area contributed by atoms with Crippen LogP contribution in [0.2, 0.25) is 0 Å². The summed E-state index contributed by atoms with van der Waals surface area (Å²) in [5, 5.41) is 0.967. The smallest absolute Gasteiger partial charge is 0.321 e. The van der Waals surface area contributed by atoms with Crippen LogP contribution in [0.5, 0.6) is 5.75 Å². The van der Waals surface area contributed by atoms with Gasteiger partial charge in [-0.05, 0) is 29.3 Å². The topological polar surface area (TPSA) is 81.7 Å². The Bertz CT molecular complexity index is 882. The number of carbonyl (C=O) groups is 1. The lowest BCUT2D eigenvalue weighted by molar-refractivity contribution is -0.143. The Morgan fingerprint density at radius 3 is 2.58 bits per heavy atom. The second-order valence-corrected chi connectivity index (χ2v) is 6.86. The van der Waals surface area contributed by atoms with Crippen LogP contribution in [-0.4, -0.2) is 28.0 Å². The molecule has 0 amide bonds. The summed E-state index contributed by atoms with van der Waals surface area (Å²) in [7, 11) is -2.44. The first kappa shape index (κ1) is 19.6. The van der Waals surface area contributed by atoms with Gasteiger partial charge in [0.2, 0.25) is 10.0 Å². The first-order chi connectivity index (χ1) is 12.4. The van der Waals surface area contributed by atoms with Crippen molar-refractivity contribution in [3.63, 3.8) is 0 Å². The molecule has 2 rings (SSSR count). The lowest BCUT2D eigenvalue weighted by Crippen LogP contribution is -2.29. The van der Waals surface area contributed by atoms with Crippen LogP contribution in [0, 0.1) is 5.82 Å². The van der Waals surface area contributed by atoms with Crippen molar-refractivity contribution in [1.29, 1.82) is 0 Å². The van der Waals surface area contributed by atoms with Crippen molar-refractivity contribution >= 4 is 22.1 Å². The molecule has 2 aromatic rings. The lowest BCUT2D eigenvalue weighted by Gasteiger charge is -2.07. The van der Waals surface area contributed by atoms with E-state index in [0.29, 0.717) is 11.1 Å². The number of nitrogens with one attached hydrogen (secondary N) is 1. The van der Waals surface area contributed by atoms with Gasteiger partial charge in [0, 0.05) is 5.41 Å². The Morgan fingerprint density at radius 1 is 1.19 bits per heavy atom. The number of hydrogen-bond donors (Lipinski definition) is 1. The van der Waals surface area contributed by atoms with E-state index in [0.717, 1.165) is 5.41 Å². The predicted octanol–water partition coefficient (Wildman–Crippen LogP) is 2.47. The first-order valence-corrected chi connectivity index (χ1v) is 9.15. The normalized spacial score (nSPS) is 11.5. The molecule has 8 heteroatoms. The zero-order chi connectivity index (χ0) is 19.0. The molecule has 0 unspecified atom stereocenters. The highest BCUT2D eigenvalue weighted by molar-refractivity contribution is 7.92. The Balaban J connectivity index is 1.82. The summed E-state index contributed by atoms with van der Waals surface area (Å²) in [6, 6.07) is 13.0. The Morgan fingerprint density at radius 2 is 1.92 bits per heavy atom. The third kappa shape index (κ3) is 6.30. The van der Waals surface area contributed by atoms with Gasteiger partial charge in [0.05, 0.1) is 7.11 Å². The molecule has 0 spiro atoms. The van der Waals surface area contributed by atoms with Gasteiger partial charge in [-0.15, -0.1) is 0 Å². The molecule has 26 heavy (non-hydrogen) atoms. The monoisotopic (exact) mass is 379 g/mol. The zero-order valence-electron chi connectivity index (χ0n) is 14.0. The van der Waals surface area contributed by atoms with E-state index >= 15 is 0 Å². The van der Waals surface area contributed by atoms with Crippen molar-refractivity contribution < 1.29 is 27.1 Å². The minimum absolute atomic E-state index is 0.0815. The van der Waals surface area contributed by atoms with Gasteiger partial charge >= 0.3 is 5.97 Å². The van der Waals surface area contributed by atoms with Gasteiger partial charge in [0.15, 0.2) is 11.6 Å². The summed E-state index contributed by atoms with van der Waals surface area (Å²) < 4.78 is 49.0. The second kappa shape index (κ2) is 9.12. The molecule has 1 N–H and O–H groups in total. The van der Waals surface area contributed by atoms with Gasteiger partial charge in [-0.3, -0.25) is 4.79 Å². The molecule has 0 saturated carbocycles. The van der Waals surface area contributed by atoms with E-state index in [-0.39, 0.29) is 12.4 Å². The number of benzene rings is 2. The third-order valence-corrected chi connectivity index (χ3v) is 4.31. The van der Waals surface area contributed by atoms with Gasteiger partial charge in [-0.1, -0.05) is 36.4 Å². The summed E-state index contributed by atoms with van der Waals surface area (Å²) in [6.07, 6.45) is 1.41. The van der Waals surface area contributed by atoms with Crippen LogP contribution in [-0.2, 0) is 26.2 Å². The molecule has 0 aliphatic rings. The molecule has 0 heterocycles. The molecular formula is C18H18FNO5S. The molecule has 0 fully saturated rings. The van der Waals surface area contributed by atoms with Crippen molar-refractivity contribution in [2.24, 2.45) is 0 Å². The van der Waals surface area contributed by atoms with Crippen LogP contribution in [0.1, 0.15) is 11.1 Å². The van der Waals surface area contributed by atoms with E-state index in [2.05, 4.69) is 4.72 Å². The van der Waals surface area contributed by atoms with Crippen LogP contribution < -0.4 is 9.46 Å². The maximum absolute atomic E-state index is 13.5. The Kier molecular flexibility index (Phi) is 6.88. The minimum atomic E-state index is -3.78. The standard InChI is InChI=1S/C18H18FNO5S/c1-24-17-8-7-15(11-16(17)19)13-25-18(21)12-20-26(22,23)10-9-14-5-3-2-4-6-14/h2-11,20H,12-13H2,1H3/b10-9+. The summed E-state index contributed by atoms with van der Waals surface area (Å²) >= 11 is 0. The summed E-state index contributed by atoms with van der Waals surface area (Å²) in [5.41, 5.74) is 1.13. The molecule has 0 radical (unpaired) electrons. The van der Waals surface area contributed by atoms with E-state index in [1.165, 1.54) is 25.3 Å². The quantitative estimate of drug-likeness (QED) is 0.713. The summed E-state index contributed by atoms with van der Waals surface area (Å²) in [4.78, 5) is 11.7. The average molecular weight is 379 g/mol. The van der Waals surface area contributed by atoms with E-state index in [1.54, 1.807) is 30.3 Å². The maximum atomic E-state index is 13.5. The minimum Gasteiger partial charge on any atom is -0.494 e. The van der Waals surface area contributed by atoms with Crippen LogP contribution in [0.15, 0.2) is 53.9 Å². The van der Waals surface area contributed by atoms with E-state index in [9.17, 15) is 17.6 Å². The van der Waals surface area contributed by atoms with E-state index < -0.39 is 28.4 Å². The molecule has 0 saturated heterocycles. The van der Waals surface area contributed by atoms with E-state index in [4.69, 9.17) is 9.47 Å². The fourth-order valence-corrected chi connectivity index (χ4v) is 2.71. The fourth-order valence-electron chi connectivity index (χ4n) is 1.95. The van der Waals surface area contributed by atoms with Crippen molar-refractivity contribution in [2.45, 2.75) is 6.61 Å². The molecular weight excluding hydrogens is 361 g/mol. The van der Waals surface area contributed by atoms with Crippen LogP contribution in [0.25, 0.3) is 6.08 Å². The SMILES string of the molecule is COc1ccc(COC(=O)CNS(=O)(=O)/C=C/c2ccccc2)cc1F. The van der Waals surface area contributed by atoms with Gasteiger partial charge < -0.3 is 9.47 Å². The maximum Gasteiger partial charge on any atom is 0.321 e. The van der Waals surface area contributed by atoms with Crippen molar-refractivity contribution in [1.82, 2.24) is 4.72 Å². The molecule has 6 nitrogen and oxygen atoms in total. The molecule has 0 bridgehead atoms. The van der Waals surface area contributed by atoms with Crippen molar-refractivity contribution in [3.05, 3.63) is 70.9 Å². The van der Waals surface area contributed by atoms with Crippen molar-refractivity contribution in [3.8, 4) is 5.75 Å². The highest BCUT2D eigenvalue weighted by atomic mass is 32.2. The molecule has 0 atom stereocenters. The molecule has 138 valence electrons. The average Bonchev–Trinajstić information content (AvgIpc) is 2.64. The number of methoxy groups -OCH3 is 1. The first-order valence-electron chi connectivity index (χ1n) is 7.60. The molecule has 2 aromatic carbocycles. The van der Waals surface area contributed by atoms with Crippen LogP contribution in [0.3, 0.4) is 0 Å². The number of ether oxygens (including phenoxy) is 2. The Labute approximate surface area is 151 Å². The predicted molar refractivity (Wildman–Crippen MR) is 95.1 cm³/mol. The Hall–Kier alpha value is -2.71. The van der Waals surface area contributed by atoms with Gasteiger partial charge in [0.1, 0.15) is 13.2 Å². The summed E-state index contributed by atoms with van der Waals surface area (Å²) in [5.74, 6) is -1.27. The van der Waals surface area contributed by atoms with Gasteiger partial charge in [-0.2, -0.15) is 0 Å². The molecule has 0 aliphatic heterocycles. The highest BCUT2D eigenvalue weighted by Gasteiger charge is 2.11. The number of carbonyl (C=O) groups excluding carboxylic acids is 1. The fraction of sp³-hybridized carbons (Fsp3) is 0.167. The van der Waals surface area contributed by atoms with Crippen LogP contribution in [0.4, 0.5) is 4.39 Å². The van der Waals surface area contributed by atoms with Gasteiger partial charge in [-0.25, -0.2) is 17.5 Å².